The minimum Gasteiger partial charge on any atom is -0.393 e. The van der Waals surface area contributed by atoms with Gasteiger partial charge in [0.2, 0.25) is 5.91 Å². The monoisotopic (exact) mass is 272 g/mol. The minimum absolute atomic E-state index is 0.0921. The Labute approximate surface area is 115 Å². The lowest BCUT2D eigenvalue weighted by atomic mass is 9.86. The van der Waals surface area contributed by atoms with Gasteiger partial charge in [-0.05, 0) is 37.5 Å². The van der Waals surface area contributed by atoms with Crippen LogP contribution >= 0.6 is 0 Å². The third-order valence-corrected chi connectivity index (χ3v) is 3.67. The van der Waals surface area contributed by atoms with Crippen molar-refractivity contribution in [1.29, 1.82) is 0 Å². The molecular formula is C14H28N2O3. The Morgan fingerprint density at radius 1 is 1.47 bits per heavy atom. The standard InChI is InChI=1S/C14H28N2O3/c1-10(17)8-14(2,3)9-16-13(18)12(15)11-4-6-19-7-5-11/h10-12,17H,4-9,15H2,1-3H3,(H,16,18). The molecule has 0 aliphatic carbocycles. The van der Waals surface area contributed by atoms with Crippen molar-refractivity contribution in [2.75, 3.05) is 19.8 Å². The van der Waals surface area contributed by atoms with Gasteiger partial charge in [-0.25, -0.2) is 0 Å². The van der Waals surface area contributed by atoms with Gasteiger partial charge in [-0.3, -0.25) is 4.79 Å². The van der Waals surface area contributed by atoms with Gasteiger partial charge in [-0.15, -0.1) is 0 Å². The summed E-state index contributed by atoms with van der Waals surface area (Å²) in [6.45, 7) is 7.74. The Kier molecular flexibility index (Phi) is 6.23. The largest absolute Gasteiger partial charge is 0.393 e. The molecule has 2 atom stereocenters. The predicted molar refractivity (Wildman–Crippen MR) is 74.6 cm³/mol. The number of carbonyl (C=O) groups excluding carboxylic acids is 1. The third kappa shape index (κ3) is 5.89. The average molecular weight is 272 g/mol. The van der Waals surface area contributed by atoms with E-state index in [9.17, 15) is 9.90 Å². The molecular weight excluding hydrogens is 244 g/mol. The number of nitrogens with two attached hydrogens (primary N) is 1. The van der Waals surface area contributed by atoms with E-state index in [1.807, 2.05) is 13.8 Å². The first kappa shape index (κ1) is 16.4. The first-order valence-corrected chi connectivity index (χ1v) is 7.11. The number of ether oxygens (including phenoxy) is 1. The molecule has 4 N–H and O–H groups in total. The molecule has 5 nitrogen and oxygen atoms in total. The number of hydrogen-bond acceptors (Lipinski definition) is 4. The molecule has 1 amide bonds. The van der Waals surface area contributed by atoms with Crippen LogP contribution in [-0.4, -0.2) is 42.9 Å². The van der Waals surface area contributed by atoms with Crippen molar-refractivity contribution in [2.24, 2.45) is 17.1 Å². The van der Waals surface area contributed by atoms with Gasteiger partial charge >= 0.3 is 0 Å². The third-order valence-electron chi connectivity index (χ3n) is 3.67. The number of amides is 1. The number of rotatable bonds is 6. The number of aliphatic hydroxyl groups excluding tert-OH is 1. The Morgan fingerprint density at radius 2 is 2.05 bits per heavy atom. The van der Waals surface area contributed by atoms with E-state index in [0.717, 1.165) is 12.8 Å². The van der Waals surface area contributed by atoms with Crippen molar-refractivity contribution in [2.45, 2.75) is 52.2 Å². The van der Waals surface area contributed by atoms with E-state index in [1.165, 1.54) is 0 Å². The van der Waals surface area contributed by atoms with Crippen LogP contribution in [0.5, 0.6) is 0 Å². The van der Waals surface area contributed by atoms with Gasteiger partial charge in [-0.1, -0.05) is 13.8 Å². The Balaban J connectivity index is 2.37. The van der Waals surface area contributed by atoms with Crippen LogP contribution in [0, 0.1) is 11.3 Å². The van der Waals surface area contributed by atoms with Gasteiger partial charge in [0.15, 0.2) is 0 Å². The van der Waals surface area contributed by atoms with Crippen molar-refractivity contribution >= 4 is 5.91 Å². The molecule has 0 aromatic heterocycles. The molecule has 0 radical (unpaired) electrons. The summed E-state index contributed by atoms with van der Waals surface area (Å²) in [5, 5.41) is 12.3. The van der Waals surface area contributed by atoms with Gasteiger partial charge in [-0.2, -0.15) is 0 Å². The zero-order valence-electron chi connectivity index (χ0n) is 12.3. The average Bonchev–Trinajstić information content (AvgIpc) is 2.34. The Bertz CT molecular complexity index is 286. The molecule has 1 heterocycles. The summed E-state index contributed by atoms with van der Waals surface area (Å²) in [5.41, 5.74) is 5.88. The molecule has 112 valence electrons. The molecule has 0 aromatic carbocycles. The summed E-state index contributed by atoms with van der Waals surface area (Å²) >= 11 is 0. The number of carbonyl (C=O) groups is 1. The normalized spacial score (nSPS) is 20.9. The zero-order chi connectivity index (χ0) is 14.5. The first-order valence-electron chi connectivity index (χ1n) is 7.11. The molecule has 0 spiro atoms. The maximum atomic E-state index is 12.0. The summed E-state index contributed by atoms with van der Waals surface area (Å²) in [7, 11) is 0. The van der Waals surface area contributed by atoms with Crippen molar-refractivity contribution < 1.29 is 14.6 Å². The van der Waals surface area contributed by atoms with E-state index in [1.54, 1.807) is 6.92 Å². The van der Waals surface area contributed by atoms with E-state index < -0.39 is 6.04 Å². The molecule has 0 saturated carbocycles. The highest BCUT2D eigenvalue weighted by Gasteiger charge is 2.28. The van der Waals surface area contributed by atoms with Crippen molar-refractivity contribution in [3.05, 3.63) is 0 Å². The summed E-state index contributed by atoms with van der Waals surface area (Å²) in [5.74, 6) is 0.124. The lowest BCUT2D eigenvalue weighted by Gasteiger charge is -2.30. The van der Waals surface area contributed by atoms with Crippen LogP contribution in [0.4, 0.5) is 0 Å². The maximum Gasteiger partial charge on any atom is 0.237 e. The molecule has 1 aliphatic rings. The Hall–Kier alpha value is -0.650. The van der Waals surface area contributed by atoms with Gasteiger partial charge in [0.25, 0.3) is 0 Å². The van der Waals surface area contributed by atoms with Crippen LogP contribution in [0.15, 0.2) is 0 Å². The predicted octanol–water partition coefficient (Wildman–Crippen LogP) is 0.654. The van der Waals surface area contributed by atoms with Gasteiger partial charge < -0.3 is 20.9 Å². The summed E-state index contributed by atoms with van der Waals surface area (Å²) < 4.78 is 5.27. The second-order valence-corrected chi connectivity index (χ2v) is 6.41. The Morgan fingerprint density at radius 3 is 2.58 bits per heavy atom. The smallest absolute Gasteiger partial charge is 0.237 e. The highest BCUT2D eigenvalue weighted by Crippen LogP contribution is 2.22. The van der Waals surface area contributed by atoms with Gasteiger partial charge in [0, 0.05) is 19.8 Å². The van der Waals surface area contributed by atoms with Crippen LogP contribution in [0.25, 0.3) is 0 Å². The van der Waals surface area contributed by atoms with Crippen molar-refractivity contribution in [3.8, 4) is 0 Å². The molecule has 19 heavy (non-hydrogen) atoms. The van der Waals surface area contributed by atoms with Crippen LogP contribution in [0.3, 0.4) is 0 Å². The SMILES string of the molecule is CC(O)CC(C)(C)CNC(=O)C(N)C1CCOCC1. The molecule has 0 bridgehead atoms. The second kappa shape index (κ2) is 7.22. The van der Waals surface area contributed by atoms with Crippen LogP contribution < -0.4 is 11.1 Å². The lowest BCUT2D eigenvalue weighted by Crippen LogP contribution is -2.49. The fraction of sp³-hybridized carbons (Fsp3) is 0.929. The maximum absolute atomic E-state index is 12.0. The van der Waals surface area contributed by atoms with Gasteiger partial charge in [0.1, 0.15) is 0 Å². The van der Waals surface area contributed by atoms with Crippen molar-refractivity contribution in [3.63, 3.8) is 0 Å². The van der Waals surface area contributed by atoms with Crippen LogP contribution in [0.2, 0.25) is 0 Å². The van der Waals surface area contributed by atoms with E-state index in [-0.39, 0.29) is 23.3 Å². The minimum atomic E-state index is -0.453. The van der Waals surface area contributed by atoms with Crippen LogP contribution in [0.1, 0.15) is 40.0 Å². The number of hydrogen-bond donors (Lipinski definition) is 3. The topological polar surface area (TPSA) is 84.6 Å². The fourth-order valence-corrected chi connectivity index (χ4v) is 2.61. The van der Waals surface area contributed by atoms with Crippen molar-refractivity contribution in [1.82, 2.24) is 5.32 Å². The first-order chi connectivity index (χ1) is 8.82. The highest BCUT2D eigenvalue weighted by molar-refractivity contribution is 5.81. The summed E-state index contributed by atoms with van der Waals surface area (Å²) in [4.78, 5) is 12.0. The number of aliphatic hydroxyl groups is 1. The molecule has 1 aliphatic heterocycles. The zero-order valence-corrected chi connectivity index (χ0v) is 12.3. The van der Waals surface area contributed by atoms with E-state index in [0.29, 0.717) is 26.2 Å². The molecule has 1 saturated heterocycles. The molecule has 5 heteroatoms. The number of nitrogens with one attached hydrogen (secondary N) is 1. The van der Waals surface area contributed by atoms with E-state index >= 15 is 0 Å². The molecule has 1 fully saturated rings. The van der Waals surface area contributed by atoms with Crippen LogP contribution in [-0.2, 0) is 9.53 Å². The summed E-state index contributed by atoms with van der Waals surface area (Å²) in [6.07, 6.45) is 1.99. The lowest BCUT2D eigenvalue weighted by molar-refractivity contribution is -0.124. The second-order valence-electron chi connectivity index (χ2n) is 6.41. The molecule has 2 unspecified atom stereocenters. The fourth-order valence-electron chi connectivity index (χ4n) is 2.61. The quantitative estimate of drug-likeness (QED) is 0.663. The van der Waals surface area contributed by atoms with E-state index in [4.69, 9.17) is 10.5 Å². The van der Waals surface area contributed by atoms with Gasteiger partial charge in [0.05, 0.1) is 12.1 Å². The van der Waals surface area contributed by atoms with E-state index in [2.05, 4.69) is 5.32 Å². The highest BCUT2D eigenvalue weighted by atomic mass is 16.5. The summed E-state index contributed by atoms with van der Waals surface area (Å²) in [6, 6.07) is -0.453. The molecule has 1 rings (SSSR count). The molecule has 0 aromatic rings.